The lowest BCUT2D eigenvalue weighted by molar-refractivity contribution is 0.102. The zero-order valence-corrected chi connectivity index (χ0v) is 16.3. The molecule has 1 aromatic heterocycles. The molecule has 0 atom stereocenters. The van der Waals surface area contributed by atoms with E-state index in [2.05, 4.69) is 16.9 Å². The molecule has 0 spiro atoms. The monoisotopic (exact) mass is 398 g/mol. The number of halogens is 1. The van der Waals surface area contributed by atoms with Crippen LogP contribution >= 0.6 is 11.3 Å². The van der Waals surface area contributed by atoms with E-state index >= 15 is 0 Å². The summed E-state index contributed by atoms with van der Waals surface area (Å²) in [7, 11) is 3.07. The highest BCUT2D eigenvalue weighted by atomic mass is 32.1. The van der Waals surface area contributed by atoms with Gasteiger partial charge in [0.2, 0.25) is 0 Å². The first-order valence-corrected chi connectivity index (χ1v) is 9.32. The van der Waals surface area contributed by atoms with Gasteiger partial charge in [0.1, 0.15) is 5.82 Å². The summed E-state index contributed by atoms with van der Waals surface area (Å²) in [6, 6.07) is 9.40. The Morgan fingerprint density at radius 3 is 2.64 bits per heavy atom. The number of anilines is 1. The molecule has 0 aliphatic carbocycles. The van der Waals surface area contributed by atoms with Crippen LogP contribution in [0.3, 0.4) is 0 Å². The zero-order valence-electron chi connectivity index (χ0n) is 15.5. The fraction of sp³-hybridized carbons (Fsp3) is 0.143. The molecule has 0 aliphatic heterocycles. The van der Waals surface area contributed by atoms with E-state index in [0.29, 0.717) is 34.3 Å². The number of allylic oxidation sites excluding steroid dienone is 1. The van der Waals surface area contributed by atoms with Gasteiger partial charge < -0.3 is 9.47 Å². The van der Waals surface area contributed by atoms with Crippen molar-refractivity contribution in [1.29, 1.82) is 0 Å². The van der Waals surface area contributed by atoms with Gasteiger partial charge in [-0.25, -0.2) is 9.37 Å². The highest BCUT2D eigenvalue weighted by Crippen LogP contribution is 2.33. The van der Waals surface area contributed by atoms with E-state index in [0.717, 1.165) is 11.1 Å². The van der Waals surface area contributed by atoms with E-state index in [4.69, 9.17) is 9.47 Å². The Morgan fingerprint density at radius 2 is 2.00 bits per heavy atom. The summed E-state index contributed by atoms with van der Waals surface area (Å²) in [5.41, 5.74) is 2.67. The van der Waals surface area contributed by atoms with Gasteiger partial charge in [-0.1, -0.05) is 6.08 Å². The predicted molar refractivity (Wildman–Crippen MR) is 109 cm³/mol. The van der Waals surface area contributed by atoms with Crippen molar-refractivity contribution >= 4 is 22.4 Å². The molecule has 1 amide bonds. The molecule has 3 rings (SSSR count). The highest BCUT2D eigenvalue weighted by Gasteiger charge is 2.17. The predicted octanol–water partition coefficient (Wildman–Crippen LogP) is 4.95. The third kappa shape index (κ3) is 4.20. The quantitative estimate of drug-likeness (QED) is 0.572. The Morgan fingerprint density at radius 1 is 1.25 bits per heavy atom. The number of hydrogen-bond donors (Lipinski definition) is 1. The molecule has 144 valence electrons. The van der Waals surface area contributed by atoms with Gasteiger partial charge in [-0.15, -0.1) is 17.9 Å². The van der Waals surface area contributed by atoms with E-state index in [1.165, 1.54) is 30.6 Å². The molecule has 5 nitrogen and oxygen atoms in total. The van der Waals surface area contributed by atoms with Gasteiger partial charge in [0.15, 0.2) is 16.6 Å². The summed E-state index contributed by atoms with van der Waals surface area (Å²) < 4.78 is 23.8. The number of aromatic nitrogens is 1. The minimum atomic E-state index is -0.314. The molecule has 0 fully saturated rings. The number of rotatable bonds is 7. The zero-order chi connectivity index (χ0) is 20.1. The molecule has 0 aliphatic rings. The van der Waals surface area contributed by atoms with E-state index in [1.54, 1.807) is 42.8 Å². The van der Waals surface area contributed by atoms with Crippen molar-refractivity contribution in [2.75, 3.05) is 19.5 Å². The minimum Gasteiger partial charge on any atom is -0.493 e. The lowest BCUT2D eigenvalue weighted by Crippen LogP contribution is -2.13. The van der Waals surface area contributed by atoms with Crippen LogP contribution < -0.4 is 14.8 Å². The number of nitrogens with one attached hydrogen (secondary N) is 1. The maximum Gasteiger partial charge on any atom is 0.257 e. The van der Waals surface area contributed by atoms with Crippen LogP contribution in [0, 0.1) is 5.82 Å². The fourth-order valence-corrected chi connectivity index (χ4v) is 3.45. The second kappa shape index (κ2) is 8.67. The van der Waals surface area contributed by atoms with Crippen molar-refractivity contribution in [2.45, 2.75) is 6.42 Å². The van der Waals surface area contributed by atoms with Gasteiger partial charge in [0, 0.05) is 22.1 Å². The Hall–Kier alpha value is -3.19. The normalized spacial score (nSPS) is 10.4. The van der Waals surface area contributed by atoms with Crippen LogP contribution in [0.15, 0.2) is 54.4 Å². The maximum atomic E-state index is 13.1. The summed E-state index contributed by atoms with van der Waals surface area (Å²) in [4.78, 5) is 17.1. The topological polar surface area (TPSA) is 60.5 Å². The third-order valence-corrected chi connectivity index (χ3v) is 4.80. The number of methoxy groups -OCH3 is 2. The number of amides is 1. The van der Waals surface area contributed by atoms with Gasteiger partial charge >= 0.3 is 0 Å². The van der Waals surface area contributed by atoms with Gasteiger partial charge in [-0.05, 0) is 42.8 Å². The van der Waals surface area contributed by atoms with Crippen LogP contribution in [0.5, 0.6) is 11.5 Å². The Labute approximate surface area is 166 Å². The molecule has 7 heteroatoms. The average Bonchev–Trinajstić information content (AvgIpc) is 3.16. The molecule has 0 bridgehead atoms. The number of nitrogens with zero attached hydrogens (tertiary/aromatic N) is 1. The molecule has 1 N–H and O–H groups in total. The standard InChI is InChI=1S/C21H19FN2O3S/c1-4-5-14-10-15(11-18(26-2)19(14)27-3)20(25)24-21-23-17(12-28-21)13-6-8-16(22)9-7-13/h4,6-12H,1,5H2,2-3H3,(H,23,24,25). The highest BCUT2D eigenvalue weighted by molar-refractivity contribution is 7.14. The molecule has 2 aromatic carbocycles. The summed E-state index contributed by atoms with van der Waals surface area (Å²) in [6.07, 6.45) is 2.27. The first kappa shape index (κ1) is 19.6. The van der Waals surface area contributed by atoms with E-state index < -0.39 is 0 Å². The van der Waals surface area contributed by atoms with Crippen LogP contribution in [0.4, 0.5) is 9.52 Å². The smallest absolute Gasteiger partial charge is 0.257 e. The molecule has 0 saturated carbocycles. The second-order valence-electron chi connectivity index (χ2n) is 5.86. The van der Waals surface area contributed by atoms with Gasteiger partial charge in [0.05, 0.1) is 19.9 Å². The first-order chi connectivity index (χ1) is 13.5. The first-order valence-electron chi connectivity index (χ1n) is 8.44. The third-order valence-electron chi connectivity index (χ3n) is 4.05. The van der Waals surface area contributed by atoms with Crippen LogP contribution in [0.25, 0.3) is 11.3 Å². The van der Waals surface area contributed by atoms with Crippen molar-refractivity contribution in [1.82, 2.24) is 4.98 Å². The van der Waals surface area contributed by atoms with Crippen molar-refractivity contribution < 1.29 is 18.7 Å². The van der Waals surface area contributed by atoms with E-state index in [-0.39, 0.29) is 11.7 Å². The lowest BCUT2D eigenvalue weighted by Gasteiger charge is -2.14. The summed E-state index contributed by atoms with van der Waals surface area (Å²) >= 11 is 1.29. The van der Waals surface area contributed by atoms with Crippen LogP contribution in [0.1, 0.15) is 15.9 Å². The van der Waals surface area contributed by atoms with Crippen LogP contribution in [-0.4, -0.2) is 25.1 Å². The molecule has 28 heavy (non-hydrogen) atoms. The molecule has 0 saturated heterocycles. The molecular weight excluding hydrogens is 379 g/mol. The number of benzene rings is 2. The van der Waals surface area contributed by atoms with E-state index in [9.17, 15) is 9.18 Å². The number of hydrogen-bond acceptors (Lipinski definition) is 5. The molecule has 3 aromatic rings. The molecule has 0 unspecified atom stereocenters. The summed E-state index contributed by atoms with van der Waals surface area (Å²) in [6.45, 7) is 3.74. The largest absolute Gasteiger partial charge is 0.493 e. The Kier molecular flexibility index (Phi) is 6.06. The Bertz CT molecular complexity index is 999. The fourth-order valence-electron chi connectivity index (χ4n) is 2.74. The van der Waals surface area contributed by atoms with Gasteiger partial charge in [-0.2, -0.15) is 0 Å². The Balaban J connectivity index is 1.84. The average molecular weight is 398 g/mol. The molecule has 1 heterocycles. The van der Waals surface area contributed by atoms with E-state index in [1.807, 2.05) is 0 Å². The number of ether oxygens (including phenoxy) is 2. The minimum absolute atomic E-state index is 0.309. The van der Waals surface area contributed by atoms with Gasteiger partial charge in [0.25, 0.3) is 5.91 Å². The second-order valence-corrected chi connectivity index (χ2v) is 6.72. The number of carbonyl (C=O) groups is 1. The van der Waals surface area contributed by atoms with Crippen molar-refractivity contribution in [3.63, 3.8) is 0 Å². The number of carbonyl (C=O) groups excluding carboxylic acids is 1. The molecule has 0 radical (unpaired) electrons. The maximum absolute atomic E-state index is 13.1. The van der Waals surface area contributed by atoms with Crippen molar-refractivity contribution in [3.8, 4) is 22.8 Å². The summed E-state index contributed by atoms with van der Waals surface area (Å²) in [5, 5.41) is 5.04. The van der Waals surface area contributed by atoms with Gasteiger partial charge in [-0.3, -0.25) is 10.1 Å². The van der Waals surface area contributed by atoms with Crippen LogP contribution in [0.2, 0.25) is 0 Å². The van der Waals surface area contributed by atoms with Crippen molar-refractivity contribution in [2.24, 2.45) is 0 Å². The van der Waals surface area contributed by atoms with Crippen LogP contribution in [-0.2, 0) is 6.42 Å². The lowest BCUT2D eigenvalue weighted by atomic mass is 10.1. The molecular formula is C21H19FN2O3S. The van der Waals surface area contributed by atoms with Crippen molar-refractivity contribution in [3.05, 3.63) is 71.4 Å². The summed E-state index contributed by atoms with van der Waals surface area (Å²) in [5.74, 6) is 0.424. The SMILES string of the molecule is C=CCc1cc(C(=O)Nc2nc(-c3ccc(F)cc3)cs2)cc(OC)c1OC. The number of thiazole rings is 1.